The highest BCUT2D eigenvalue weighted by atomic mass is 35.5. The number of halogens is 1. The maximum absolute atomic E-state index is 5.63. The number of unbranched alkanes of at least 4 members (excludes halogenated alkanes) is 1. The van der Waals surface area contributed by atoms with Crippen LogP contribution in [0.25, 0.3) is 0 Å². The van der Waals surface area contributed by atoms with Gasteiger partial charge in [0.05, 0.1) is 0 Å². The zero-order valence-electron chi connectivity index (χ0n) is 8.94. The first kappa shape index (κ1) is 13.4. The van der Waals surface area contributed by atoms with Crippen LogP contribution in [0.1, 0.15) is 26.2 Å². The van der Waals surface area contributed by atoms with E-state index < -0.39 is 8.56 Å². The van der Waals surface area contributed by atoms with Crippen molar-refractivity contribution in [3.63, 3.8) is 0 Å². The number of alkyl halides is 1. The Hall–Kier alpha value is 0.427. The second-order valence-corrected chi connectivity index (χ2v) is 7.23. The highest BCUT2D eigenvalue weighted by molar-refractivity contribution is 6.67. The molecule has 0 saturated carbocycles. The van der Waals surface area contributed by atoms with Crippen molar-refractivity contribution in [2.75, 3.05) is 20.1 Å². The largest absolute Gasteiger partial charge is 0.398 e. The van der Waals surface area contributed by atoms with Crippen molar-refractivity contribution in [2.45, 2.75) is 38.3 Å². The van der Waals surface area contributed by atoms with Crippen molar-refractivity contribution >= 4 is 20.2 Å². The summed E-state index contributed by atoms with van der Waals surface area (Å²) in [5, 5.41) is 0. The molecule has 4 heteroatoms. The molecule has 0 unspecified atom stereocenters. The van der Waals surface area contributed by atoms with E-state index in [1.807, 2.05) is 0 Å². The molecule has 0 bridgehead atoms. The Bertz CT molecular complexity index is 118. The van der Waals surface area contributed by atoms with Crippen molar-refractivity contribution in [1.82, 2.24) is 0 Å². The smallest absolute Gasteiger partial charge is 0.337 e. The standard InChI is InChI=1S/C9H21ClO2Si/c1-4-8-13(11-2,12-3)9-6-5-7-10/h4-9H2,1-3H3. The Kier molecular flexibility index (Phi) is 8.05. The van der Waals surface area contributed by atoms with E-state index in [-0.39, 0.29) is 0 Å². The molecule has 0 fully saturated rings. The van der Waals surface area contributed by atoms with Crippen LogP contribution in [0, 0.1) is 0 Å². The Morgan fingerprint density at radius 3 is 2.08 bits per heavy atom. The zero-order chi connectivity index (χ0) is 10.2. The first-order chi connectivity index (χ1) is 6.24. The van der Waals surface area contributed by atoms with Gasteiger partial charge in [0.25, 0.3) is 0 Å². The molecule has 0 aromatic carbocycles. The molecular formula is C9H21ClO2Si. The van der Waals surface area contributed by atoms with Gasteiger partial charge in [0.15, 0.2) is 0 Å². The lowest BCUT2D eigenvalue weighted by Crippen LogP contribution is -2.39. The van der Waals surface area contributed by atoms with Crippen LogP contribution in [-0.4, -0.2) is 28.7 Å². The molecule has 0 heterocycles. The Morgan fingerprint density at radius 2 is 1.69 bits per heavy atom. The highest BCUT2D eigenvalue weighted by Gasteiger charge is 2.33. The molecule has 0 aliphatic heterocycles. The Labute approximate surface area is 87.8 Å². The summed E-state index contributed by atoms with van der Waals surface area (Å²) in [6.45, 7) is 2.17. The molecule has 2 nitrogen and oxygen atoms in total. The second-order valence-electron chi connectivity index (χ2n) is 3.22. The van der Waals surface area contributed by atoms with E-state index in [2.05, 4.69) is 6.92 Å². The Morgan fingerprint density at radius 1 is 1.08 bits per heavy atom. The zero-order valence-corrected chi connectivity index (χ0v) is 10.7. The molecule has 0 spiro atoms. The summed E-state index contributed by atoms with van der Waals surface area (Å²) in [6, 6.07) is 2.16. The SMILES string of the molecule is CCC[Si](CCCCCl)(OC)OC. The predicted octanol–water partition coefficient (Wildman–Crippen LogP) is 3.15. The lowest BCUT2D eigenvalue weighted by atomic mass is 10.4. The van der Waals surface area contributed by atoms with Gasteiger partial charge >= 0.3 is 8.56 Å². The number of hydrogen-bond acceptors (Lipinski definition) is 2. The third kappa shape index (κ3) is 5.01. The van der Waals surface area contributed by atoms with Gasteiger partial charge in [-0.3, -0.25) is 0 Å². The summed E-state index contributed by atoms with van der Waals surface area (Å²) in [4.78, 5) is 0. The fourth-order valence-corrected chi connectivity index (χ4v) is 4.46. The molecule has 0 saturated heterocycles. The minimum Gasteiger partial charge on any atom is -0.398 e. The van der Waals surface area contributed by atoms with E-state index >= 15 is 0 Å². The van der Waals surface area contributed by atoms with Crippen molar-refractivity contribution in [1.29, 1.82) is 0 Å². The molecule has 13 heavy (non-hydrogen) atoms. The summed E-state index contributed by atoms with van der Waals surface area (Å²) in [7, 11) is 1.70. The monoisotopic (exact) mass is 224 g/mol. The van der Waals surface area contributed by atoms with Gasteiger partial charge in [0.2, 0.25) is 0 Å². The Balaban J connectivity index is 3.89. The quantitative estimate of drug-likeness (QED) is 0.358. The van der Waals surface area contributed by atoms with E-state index in [1.54, 1.807) is 14.2 Å². The third-order valence-corrected chi connectivity index (χ3v) is 6.45. The highest BCUT2D eigenvalue weighted by Crippen LogP contribution is 2.22. The average Bonchev–Trinajstić information content (AvgIpc) is 2.17. The summed E-state index contributed by atoms with van der Waals surface area (Å²) in [5.74, 6) is 0.740. The van der Waals surface area contributed by atoms with Gasteiger partial charge < -0.3 is 8.85 Å². The first-order valence-electron chi connectivity index (χ1n) is 4.91. The third-order valence-electron chi connectivity index (χ3n) is 2.32. The lowest BCUT2D eigenvalue weighted by Gasteiger charge is -2.26. The van der Waals surface area contributed by atoms with E-state index in [1.165, 1.54) is 0 Å². The van der Waals surface area contributed by atoms with E-state index in [4.69, 9.17) is 20.5 Å². The van der Waals surface area contributed by atoms with Crippen LogP contribution in [0.5, 0.6) is 0 Å². The average molecular weight is 225 g/mol. The van der Waals surface area contributed by atoms with E-state index in [0.717, 1.165) is 37.2 Å². The molecule has 0 aromatic rings. The minimum atomic E-state index is -1.84. The van der Waals surface area contributed by atoms with Gasteiger partial charge in [-0.25, -0.2) is 0 Å². The molecule has 0 rings (SSSR count). The normalized spacial score (nSPS) is 12.0. The van der Waals surface area contributed by atoms with Crippen LogP contribution < -0.4 is 0 Å². The van der Waals surface area contributed by atoms with E-state index in [9.17, 15) is 0 Å². The fourth-order valence-electron chi connectivity index (χ4n) is 1.49. The number of hydrogen-bond donors (Lipinski definition) is 0. The van der Waals surface area contributed by atoms with Crippen LogP contribution in [0.15, 0.2) is 0 Å². The fraction of sp³-hybridized carbons (Fsp3) is 1.00. The predicted molar refractivity (Wildman–Crippen MR) is 59.6 cm³/mol. The van der Waals surface area contributed by atoms with Crippen molar-refractivity contribution in [3.05, 3.63) is 0 Å². The molecule has 0 radical (unpaired) electrons. The molecule has 0 atom stereocenters. The van der Waals surface area contributed by atoms with Crippen LogP contribution >= 0.6 is 11.6 Å². The lowest BCUT2D eigenvalue weighted by molar-refractivity contribution is 0.239. The molecule has 0 amide bonds. The van der Waals surface area contributed by atoms with Crippen molar-refractivity contribution < 1.29 is 8.85 Å². The minimum absolute atomic E-state index is 0.740. The van der Waals surface area contributed by atoms with Gasteiger partial charge in [-0.15, -0.1) is 11.6 Å². The molecule has 0 aromatic heterocycles. The maximum atomic E-state index is 5.63. The van der Waals surface area contributed by atoms with Crippen LogP contribution in [-0.2, 0) is 8.85 Å². The van der Waals surface area contributed by atoms with Crippen LogP contribution in [0.2, 0.25) is 12.1 Å². The van der Waals surface area contributed by atoms with Crippen LogP contribution in [0.3, 0.4) is 0 Å². The van der Waals surface area contributed by atoms with Crippen LogP contribution in [0.4, 0.5) is 0 Å². The summed E-state index contributed by atoms with van der Waals surface area (Å²) >= 11 is 5.63. The molecular weight excluding hydrogens is 204 g/mol. The first-order valence-corrected chi connectivity index (χ1v) is 7.67. The van der Waals surface area contributed by atoms with Gasteiger partial charge in [-0.05, 0) is 18.5 Å². The maximum Gasteiger partial charge on any atom is 0.337 e. The molecule has 0 N–H and O–H groups in total. The molecule has 80 valence electrons. The van der Waals surface area contributed by atoms with E-state index in [0.29, 0.717) is 0 Å². The van der Waals surface area contributed by atoms with Crippen molar-refractivity contribution in [3.8, 4) is 0 Å². The van der Waals surface area contributed by atoms with Gasteiger partial charge in [-0.2, -0.15) is 0 Å². The van der Waals surface area contributed by atoms with Gasteiger partial charge in [0.1, 0.15) is 0 Å². The van der Waals surface area contributed by atoms with Crippen molar-refractivity contribution in [2.24, 2.45) is 0 Å². The van der Waals surface area contributed by atoms with Gasteiger partial charge in [0, 0.05) is 20.1 Å². The van der Waals surface area contributed by atoms with Gasteiger partial charge in [-0.1, -0.05) is 19.8 Å². The second kappa shape index (κ2) is 7.80. The molecule has 0 aliphatic carbocycles. The molecule has 0 aliphatic rings. The summed E-state index contributed by atoms with van der Waals surface area (Å²) in [6.07, 6.45) is 3.32. The topological polar surface area (TPSA) is 18.5 Å². The summed E-state index contributed by atoms with van der Waals surface area (Å²) < 4.78 is 11.1. The number of rotatable bonds is 8. The summed E-state index contributed by atoms with van der Waals surface area (Å²) in [5.41, 5.74) is 0.